The molecule has 0 aliphatic carbocycles. The molecule has 0 spiro atoms. The molecule has 1 heterocycles. The zero-order chi connectivity index (χ0) is 17.4. The summed E-state index contributed by atoms with van der Waals surface area (Å²) >= 11 is 0. The number of carbonyl (C=O) groups is 1. The molecule has 1 aromatic heterocycles. The Morgan fingerprint density at radius 3 is 2.79 bits per heavy atom. The van der Waals surface area contributed by atoms with Crippen molar-refractivity contribution in [3.8, 4) is 11.5 Å². The van der Waals surface area contributed by atoms with Crippen LogP contribution in [0.4, 0.5) is 4.79 Å². The van der Waals surface area contributed by atoms with Gasteiger partial charge in [-0.25, -0.2) is 9.78 Å². The number of urea groups is 1. The summed E-state index contributed by atoms with van der Waals surface area (Å²) in [7, 11) is 0. The van der Waals surface area contributed by atoms with Crippen LogP contribution in [0, 0.1) is 6.92 Å². The van der Waals surface area contributed by atoms with E-state index in [0.29, 0.717) is 25.3 Å². The van der Waals surface area contributed by atoms with E-state index in [1.165, 1.54) is 5.56 Å². The number of amides is 2. The van der Waals surface area contributed by atoms with Crippen LogP contribution in [0.5, 0.6) is 0 Å². The van der Waals surface area contributed by atoms with Gasteiger partial charge in [-0.05, 0) is 38.8 Å². The fraction of sp³-hybridized carbons (Fsp3) is 0.444. The normalized spacial score (nSPS) is 12.0. The number of carbonyl (C=O) groups excluding carboxylic acids is 1. The summed E-state index contributed by atoms with van der Waals surface area (Å²) in [6, 6.07) is 7.82. The maximum absolute atomic E-state index is 11.7. The van der Waals surface area contributed by atoms with E-state index in [-0.39, 0.29) is 18.7 Å². The number of aliphatic hydroxyl groups is 1. The van der Waals surface area contributed by atoms with Crippen molar-refractivity contribution < 1.29 is 14.3 Å². The van der Waals surface area contributed by atoms with Gasteiger partial charge in [-0.3, -0.25) is 0 Å². The van der Waals surface area contributed by atoms with E-state index in [2.05, 4.69) is 15.6 Å². The molecule has 0 saturated heterocycles. The van der Waals surface area contributed by atoms with Gasteiger partial charge in [0, 0.05) is 31.2 Å². The molecule has 3 N–H and O–H groups in total. The zero-order valence-electron chi connectivity index (χ0n) is 14.2. The van der Waals surface area contributed by atoms with E-state index >= 15 is 0 Å². The van der Waals surface area contributed by atoms with Gasteiger partial charge in [-0.15, -0.1) is 0 Å². The first-order valence-electron chi connectivity index (χ1n) is 8.25. The van der Waals surface area contributed by atoms with Crippen LogP contribution in [0.1, 0.15) is 31.0 Å². The third kappa shape index (κ3) is 5.70. The van der Waals surface area contributed by atoms with Gasteiger partial charge in [-0.1, -0.05) is 17.7 Å². The molecule has 0 aliphatic heterocycles. The van der Waals surface area contributed by atoms with E-state index in [1.54, 1.807) is 6.26 Å². The van der Waals surface area contributed by atoms with Crippen LogP contribution in [-0.4, -0.2) is 35.3 Å². The number of benzene rings is 1. The quantitative estimate of drug-likeness (QED) is 0.694. The highest BCUT2D eigenvalue weighted by Crippen LogP contribution is 2.19. The molecule has 2 amide bonds. The van der Waals surface area contributed by atoms with Gasteiger partial charge in [0.1, 0.15) is 6.26 Å². The van der Waals surface area contributed by atoms with Gasteiger partial charge in [0.25, 0.3) is 0 Å². The molecule has 0 saturated carbocycles. The highest BCUT2D eigenvalue weighted by molar-refractivity contribution is 5.74. The number of rotatable bonds is 8. The number of nitrogens with one attached hydrogen (secondary N) is 2. The van der Waals surface area contributed by atoms with Gasteiger partial charge >= 0.3 is 6.03 Å². The Labute approximate surface area is 142 Å². The first kappa shape index (κ1) is 18.0. The van der Waals surface area contributed by atoms with Crippen molar-refractivity contribution in [3.63, 3.8) is 0 Å². The molecule has 6 heteroatoms. The van der Waals surface area contributed by atoms with E-state index in [0.717, 1.165) is 17.7 Å². The molecule has 0 aliphatic rings. The van der Waals surface area contributed by atoms with Crippen molar-refractivity contribution >= 4 is 6.03 Å². The number of hydrogen-bond donors (Lipinski definition) is 3. The predicted molar refractivity (Wildman–Crippen MR) is 92.7 cm³/mol. The van der Waals surface area contributed by atoms with Crippen LogP contribution in [0.2, 0.25) is 0 Å². The number of aliphatic hydroxyl groups excluding tert-OH is 1. The van der Waals surface area contributed by atoms with Crippen LogP contribution in [-0.2, 0) is 6.42 Å². The smallest absolute Gasteiger partial charge is 0.315 e. The monoisotopic (exact) mass is 331 g/mol. The zero-order valence-corrected chi connectivity index (χ0v) is 14.2. The first-order chi connectivity index (χ1) is 11.6. The number of oxazole rings is 1. The highest BCUT2D eigenvalue weighted by atomic mass is 16.3. The Balaban J connectivity index is 1.75. The second-order valence-electron chi connectivity index (χ2n) is 5.93. The molecule has 1 atom stereocenters. The standard InChI is InChI=1S/C18H25N3O3/c1-13-5-7-15(8-6-13)17-21-16(12-24-17)9-10-19-18(23)20-14(2)4-3-11-22/h5-8,12,14,22H,3-4,9-11H2,1-2H3,(H2,19,20,23). The minimum Gasteiger partial charge on any atom is -0.444 e. The lowest BCUT2D eigenvalue weighted by Crippen LogP contribution is -2.41. The lowest BCUT2D eigenvalue weighted by atomic mass is 10.1. The summed E-state index contributed by atoms with van der Waals surface area (Å²) in [6.07, 6.45) is 3.67. The molecule has 24 heavy (non-hydrogen) atoms. The van der Waals surface area contributed by atoms with Gasteiger partial charge in [-0.2, -0.15) is 0 Å². The Bertz CT molecular complexity index is 637. The second-order valence-corrected chi connectivity index (χ2v) is 5.93. The minimum absolute atomic E-state index is 0.0392. The Morgan fingerprint density at radius 1 is 1.33 bits per heavy atom. The number of hydrogen-bond acceptors (Lipinski definition) is 4. The van der Waals surface area contributed by atoms with Gasteiger partial charge in [0.05, 0.1) is 5.69 Å². The van der Waals surface area contributed by atoms with Gasteiger partial charge < -0.3 is 20.2 Å². The molecule has 6 nitrogen and oxygen atoms in total. The van der Waals surface area contributed by atoms with E-state index in [4.69, 9.17) is 9.52 Å². The molecular formula is C18H25N3O3. The van der Waals surface area contributed by atoms with Crippen LogP contribution >= 0.6 is 0 Å². The van der Waals surface area contributed by atoms with Crippen molar-refractivity contribution in [2.24, 2.45) is 0 Å². The third-order valence-electron chi connectivity index (χ3n) is 3.69. The topological polar surface area (TPSA) is 87.4 Å². The highest BCUT2D eigenvalue weighted by Gasteiger charge is 2.09. The summed E-state index contributed by atoms with van der Waals surface area (Å²) in [5.74, 6) is 0.590. The first-order valence-corrected chi connectivity index (χ1v) is 8.25. The average Bonchev–Trinajstić information content (AvgIpc) is 3.02. The maximum atomic E-state index is 11.7. The average molecular weight is 331 g/mol. The molecule has 2 aromatic rings. The third-order valence-corrected chi connectivity index (χ3v) is 3.69. The largest absolute Gasteiger partial charge is 0.444 e. The van der Waals surface area contributed by atoms with Gasteiger partial charge in [0.2, 0.25) is 5.89 Å². The number of nitrogens with zero attached hydrogens (tertiary/aromatic N) is 1. The van der Waals surface area contributed by atoms with Crippen LogP contribution in [0.3, 0.4) is 0 Å². The van der Waals surface area contributed by atoms with Crippen molar-refractivity contribution in [1.82, 2.24) is 15.6 Å². The Hall–Kier alpha value is -2.34. The Morgan fingerprint density at radius 2 is 2.08 bits per heavy atom. The fourth-order valence-electron chi connectivity index (χ4n) is 2.30. The van der Waals surface area contributed by atoms with E-state index < -0.39 is 0 Å². The lowest BCUT2D eigenvalue weighted by molar-refractivity contribution is 0.234. The number of aromatic nitrogens is 1. The van der Waals surface area contributed by atoms with Gasteiger partial charge in [0.15, 0.2) is 0 Å². The van der Waals surface area contributed by atoms with E-state index in [1.807, 2.05) is 38.1 Å². The second kappa shape index (κ2) is 9.08. The summed E-state index contributed by atoms with van der Waals surface area (Å²) in [4.78, 5) is 16.2. The summed E-state index contributed by atoms with van der Waals surface area (Å²) in [5.41, 5.74) is 2.93. The SMILES string of the molecule is Cc1ccc(-c2nc(CCNC(=O)NC(C)CCCO)co2)cc1. The molecule has 130 valence electrons. The Kier molecular flexibility index (Phi) is 6.81. The lowest BCUT2D eigenvalue weighted by Gasteiger charge is -2.13. The molecule has 2 rings (SSSR count). The predicted octanol–water partition coefficient (Wildman–Crippen LogP) is 2.65. The van der Waals surface area contributed by atoms with Crippen molar-refractivity contribution in [1.29, 1.82) is 0 Å². The van der Waals surface area contributed by atoms with Crippen LogP contribution in [0.25, 0.3) is 11.5 Å². The summed E-state index contributed by atoms with van der Waals surface area (Å²) < 4.78 is 5.49. The molecule has 0 fully saturated rings. The fourth-order valence-corrected chi connectivity index (χ4v) is 2.30. The molecule has 0 radical (unpaired) electrons. The van der Waals surface area contributed by atoms with Crippen molar-refractivity contribution in [2.45, 2.75) is 39.2 Å². The van der Waals surface area contributed by atoms with E-state index in [9.17, 15) is 4.79 Å². The molecule has 0 bridgehead atoms. The minimum atomic E-state index is -0.206. The summed E-state index contributed by atoms with van der Waals surface area (Å²) in [5, 5.41) is 14.4. The maximum Gasteiger partial charge on any atom is 0.315 e. The summed E-state index contributed by atoms with van der Waals surface area (Å²) in [6.45, 7) is 4.58. The van der Waals surface area contributed by atoms with Crippen molar-refractivity contribution in [3.05, 3.63) is 41.8 Å². The molecule has 1 aromatic carbocycles. The van der Waals surface area contributed by atoms with Crippen molar-refractivity contribution in [2.75, 3.05) is 13.2 Å². The van der Waals surface area contributed by atoms with Crippen LogP contribution < -0.4 is 10.6 Å². The molecular weight excluding hydrogens is 306 g/mol. The number of aryl methyl sites for hydroxylation is 1. The van der Waals surface area contributed by atoms with Crippen LogP contribution in [0.15, 0.2) is 34.9 Å². The molecule has 1 unspecified atom stereocenters.